The van der Waals surface area contributed by atoms with E-state index < -0.39 is 0 Å². The van der Waals surface area contributed by atoms with Crippen molar-refractivity contribution >= 4 is 44.4 Å². The summed E-state index contributed by atoms with van der Waals surface area (Å²) in [5.74, 6) is 2.22. The minimum absolute atomic E-state index is 0.0866. The average Bonchev–Trinajstić information content (AvgIpc) is 3.33. The molecule has 35 heavy (non-hydrogen) atoms. The van der Waals surface area contributed by atoms with Crippen LogP contribution in [0.1, 0.15) is 18.4 Å². The van der Waals surface area contributed by atoms with Crippen molar-refractivity contribution in [2.75, 3.05) is 64.3 Å². The quantitative estimate of drug-likeness (QED) is 0.338. The Labute approximate surface area is 215 Å². The molecule has 1 amide bonds. The molecule has 9 heteroatoms. The Morgan fingerprint density at radius 2 is 1.83 bits per heavy atom. The summed E-state index contributed by atoms with van der Waals surface area (Å²) in [6, 6.07) is 12.2. The first-order valence-corrected chi connectivity index (χ1v) is 13.7. The van der Waals surface area contributed by atoms with Crippen molar-refractivity contribution in [1.29, 1.82) is 0 Å². The first kappa shape index (κ1) is 25.8. The second kappa shape index (κ2) is 12.6. The van der Waals surface area contributed by atoms with Crippen LogP contribution in [0.15, 0.2) is 41.3 Å². The zero-order valence-corrected chi connectivity index (χ0v) is 22.3. The molecule has 0 spiro atoms. The zero-order valence-electron chi connectivity index (χ0n) is 20.6. The van der Waals surface area contributed by atoms with Crippen LogP contribution in [0.3, 0.4) is 0 Å². The van der Waals surface area contributed by atoms with Gasteiger partial charge in [0, 0.05) is 43.2 Å². The van der Waals surface area contributed by atoms with Crippen molar-refractivity contribution in [2.45, 2.75) is 24.7 Å². The Balaban J connectivity index is 1.49. The van der Waals surface area contributed by atoms with Gasteiger partial charge < -0.3 is 14.2 Å². The third-order valence-corrected chi connectivity index (χ3v) is 8.10. The molecule has 1 saturated heterocycles. The number of hydrogen-bond donors (Lipinski definition) is 0. The van der Waals surface area contributed by atoms with Crippen LogP contribution < -0.4 is 14.4 Å². The van der Waals surface area contributed by atoms with Crippen LogP contribution in [0.5, 0.6) is 11.5 Å². The number of morpholine rings is 1. The Hall–Kier alpha value is -2.33. The van der Waals surface area contributed by atoms with Crippen molar-refractivity contribution in [3.8, 4) is 11.5 Å². The number of ether oxygens (including phenoxy) is 3. The lowest BCUT2D eigenvalue weighted by Crippen LogP contribution is -2.39. The van der Waals surface area contributed by atoms with E-state index in [0.717, 1.165) is 61.0 Å². The first-order valence-electron chi connectivity index (χ1n) is 11.9. The lowest BCUT2D eigenvalue weighted by molar-refractivity contribution is -0.118. The molecule has 1 aliphatic heterocycles. The predicted octanol–water partition coefficient (Wildman–Crippen LogP) is 4.86. The van der Waals surface area contributed by atoms with Crippen molar-refractivity contribution in [3.05, 3.63) is 42.0 Å². The van der Waals surface area contributed by atoms with Crippen LogP contribution >= 0.6 is 23.1 Å². The summed E-state index contributed by atoms with van der Waals surface area (Å²) < 4.78 is 17.4. The number of carbonyl (C=O) groups excluding carboxylic acids is 1. The van der Waals surface area contributed by atoms with E-state index in [1.165, 1.54) is 21.8 Å². The Bertz CT molecular complexity index is 1070. The number of amides is 1. The number of thiazole rings is 1. The largest absolute Gasteiger partial charge is 0.495 e. The lowest BCUT2D eigenvalue weighted by Gasteiger charge is -2.27. The van der Waals surface area contributed by atoms with Gasteiger partial charge in [0.1, 0.15) is 21.7 Å². The van der Waals surface area contributed by atoms with Crippen LogP contribution in [0.4, 0.5) is 5.13 Å². The van der Waals surface area contributed by atoms with Crippen LogP contribution in [0.25, 0.3) is 10.2 Å². The highest BCUT2D eigenvalue weighted by Crippen LogP contribution is 2.40. The maximum atomic E-state index is 13.4. The van der Waals surface area contributed by atoms with Gasteiger partial charge in [-0.1, -0.05) is 29.0 Å². The monoisotopic (exact) mass is 515 g/mol. The molecule has 0 aliphatic carbocycles. The fourth-order valence-electron chi connectivity index (χ4n) is 4.02. The van der Waals surface area contributed by atoms with Crippen LogP contribution in [0.2, 0.25) is 0 Å². The molecule has 0 atom stereocenters. The van der Waals surface area contributed by atoms with Gasteiger partial charge in [0.2, 0.25) is 5.91 Å². The third kappa shape index (κ3) is 6.67. The lowest BCUT2D eigenvalue weighted by atomic mass is 10.2. The predicted molar refractivity (Wildman–Crippen MR) is 143 cm³/mol. The Kier molecular flexibility index (Phi) is 9.25. The molecule has 1 fully saturated rings. The van der Waals surface area contributed by atoms with E-state index in [1.54, 1.807) is 26.0 Å². The summed E-state index contributed by atoms with van der Waals surface area (Å²) in [6.45, 7) is 7.06. The topological polar surface area (TPSA) is 64.1 Å². The Morgan fingerprint density at radius 3 is 2.54 bits per heavy atom. The maximum Gasteiger partial charge on any atom is 0.229 e. The number of fused-ring (bicyclic) bond motifs is 1. The highest BCUT2D eigenvalue weighted by atomic mass is 32.2. The number of carbonyl (C=O) groups is 1. The van der Waals surface area contributed by atoms with Gasteiger partial charge in [-0.2, -0.15) is 0 Å². The third-order valence-electron chi connectivity index (χ3n) is 6.00. The van der Waals surface area contributed by atoms with Crippen LogP contribution in [0, 0.1) is 6.92 Å². The first-order chi connectivity index (χ1) is 17.1. The number of thioether (sulfide) groups is 1. The molecule has 0 N–H and O–H groups in total. The molecular formula is C26H33N3O4S2. The standard InChI is InChI=1S/C26H33N3O4S2/c1-19-5-7-20(8-6-19)34-18-11-23(30)29(13-4-12-28-14-16-33-17-15-28)26-27-24-21(31-2)9-10-22(32-3)25(24)35-26/h5-10H,4,11-18H2,1-3H3. The number of methoxy groups -OCH3 is 2. The van der Waals surface area contributed by atoms with Gasteiger partial charge in [0.15, 0.2) is 5.13 Å². The number of rotatable bonds is 11. The van der Waals surface area contributed by atoms with E-state index in [0.29, 0.717) is 23.8 Å². The second-order valence-corrected chi connectivity index (χ2v) is 10.6. The van der Waals surface area contributed by atoms with E-state index in [9.17, 15) is 4.79 Å². The van der Waals surface area contributed by atoms with E-state index in [4.69, 9.17) is 19.2 Å². The summed E-state index contributed by atoms with van der Waals surface area (Å²) in [4.78, 5) is 23.7. The maximum absolute atomic E-state index is 13.4. The van der Waals surface area contributed by atoms with Gasteiger partial charge in [-0.15, -0.1) is 11.8 Å². The summed E-state index contributed by atoms with van der Waals surface area (Å²) in [5, 5.41) is 0.690. The van der Waals surface area contributed by atoms with E-state index in [-0.39, 0.29) is 5.91 Å². The normalized spacial score (nSPS) is 14.3. The van der Waals surface area contributed by atoms with E-state index >= 15 is 0 Å². The van der Waals surface area contributed by atoms with E-state index in [2.05, 4.69) is 36.1 Å². The number of nitrogens with zero attached hydrogens (tertiary/aromatic N) is 3. The zero-order chi connectivity index (χ0) is 24.6. The van der Waals surface area contributed by atoms with E-state index in [1.807, 2.05) is 17.0 Å². The molecule has 4 rings (SSSR count). The minimum atomic E-state index is 0.0866. The van der Waals surface area contributed by atoms with Gasteiger partial charge in [-0.05, 0) is 37.6 Å². The molecule has 1 aliphatic rings. The number of hydrogen-bond acceptors (Lipinski definition) is 8. The highest BCUT2D eigenvalue weighted by molar-refractivity contribution is 7.99. The van der Waals surface area contributed by atoms with Gasteiger partial charge in [0.25, 0.3) is 0 Å². The molecular weight excluding hydrogens is 482 g/mol. The van der Waals surface area contributed by atoms with Gasteiger partial charge in [-0.3, -0.25) is 14.6 Å². The number of anilines is 1. The molecule has 188 valence electrons. The number of aromatic nitrogens is 1. The van der Waals surface area contributed by atoms with Crippen LogP contribution in [-0.4, -0.2) is 75.2 Å². The van der Waals surface area contributed by atoms with Crippen LogP contribution in [-0.2, 0) is 9.53 Å². The minimum Gasteiger partial charge on any atom is -0.495 e. The summed E-state index contributed by atoms with van der Waals surface area (Å²) in [5.41, 5.74) is 1.96. The average molecular weight is 516 g/mol. The molecule has 0 unspecified atom stereocenters. The molecule has 0 saturated carbocycles. The highest BCUT2D eigenvalue weighted by Gasteiger charge is 2.23. The molecule has 2 aromatic carbocycles. The molecule has 7 nitrogen and oxygen atoms in total. The molecule has 1 aromatic heterocycles. The fourth-order valence-corrected chi connectivity index (χ4v) is 5.98. The van der Waals surface area contributed by atoms with Crippen molar-refractivity contribution in [1.82, 2.24) is 9.88 Å². The smallest absolute Gasteiger partial charge is 0.229 e. The number of benzene rings is 2. The Morgan fingerprint density at radius 1 is 1.11 bits per heavy atom. The molecule has 2 heterocycles. The molecule has 0 bridgehead atoms. The summed E-state index contributed by atoms with van der Waals surface area (Å²) >= 11 is 3.19. The summed E-state index contributed by atoms with van der Waals surface area (Å²) in [6.07, 6.45) is 1.32. The second-order valence-electron chi connectivity index (χ2n) is 8.41. The van der Waals surface area contributed by atoms with Crippen molar-refractivity contribution < 1.29 is 19.0 Å². The number of aryl methyl sites for hydroxylation is 1. The van der Waals surface area contributed by atoms with Gasteiger partial charge in [-0.25, -0.2) is 4.98 Å². The SMILES string of the molecule is COc1ccc(OC)c2sc(N(CCCN3CCOCC3)C(=O)CCSc3ccc(C)cc3)nc12. The fraction of sp³-hybridized carbons (Fsp3) is 0.462. The van der Waals surface area contributed by atoms with Crippen molar-refractivity contribution in [3.63, 3.8) is 0 Å². The summed E-state index contributed by atoms with van der Waals surface area (Å²) in [7, 11) is 3.28. The van der Waals surface area contributed by atoms with Crippen molar-refractivity contribution in [2.24, 2.45) is 0 Å². The molecule has 3 aromatic rings. The van der Waals surface area contributed by atoms with Gasteiger partial charge in [0.05, 0.1) is 27.4 Å². The van der Waals surface area contributed by atoms with Gasteiger partial charge >= 0.3 is 0 Å². The molecule has 0 radical (unpaired) electrons.